The topological polar surface area (TPSA) is 72.4 Å². The van der Waals surface area contributed by atoms with Crippen LogP contribution in [-0.4, -0.2) is 29.5 Å². The van der Waals surface area contributed by atoms with Gasteiger partial charge in [-0.25, -0.2) is 0 Å². The van der Waals surface area contributed by atoms with Gasteiger partial charge in [-0.2, -0.15) is 0 Å². The molecule has 1 aliphatic rings. The third-order valence-electron chi connectivity index (χ3n) is 3.81. The molecule has 7 heteroatoms. The molecule has 1 aromatic rings. The number of likely N-dealkylation sites (tertiary alicyclic amines) is 1. The van der Waals surface area contributed by atoms with E-state index in [1.807, 2.05) is 0 Å². The third-order valence-corrected chi connectivity index (χ3v) is 4.05. The predicted octanol–water partition coefficient (Wildman–Crippen LogP) is 3.23. The molecule has 0 bridgehead atoms. The Morgan fingerprint density at radius 2 is 2.24 bits per heavy atom. The van der Waals surface area contributed by atoms with Gasteiger partial charge in [-0.1, -0.05) is 11.6 Å². The van der Waals surface area contributed by atoms with Gasteiger partial charge < -0.3 is 5.73 Å². The summed E-state index contributed by atoms with van der Waals surface area (Å²) in [5.74, 6) is 0.604. The van der Waals surface area contributed by atoms with E-state index in [4.69, 9.17) is 17.3 Å². The minimum absolute atomic E-state index is 0. The molecule has 0 saturated carbocycles. The number of piperidine rings is 1. The molecular formula is C14H21Cl2N3O2. The second kappa shape index (κ2) is 8.54. The number of nitrogens with two attached hydrogens (primary N) is 1. The fourth-order valence-electron chi connectivity index (χ4n) is 2.87. The molecule has 2 N–H and O–H groups in total. The SMILES string of the molecule is Cl.NCCC1CCCN(Cc2cc(Cl)ccc2[N+](=O)[O-])C1. The van der Waals surface area contributed by atoms with Crippen LogP contribution in [0.15, 0.2) is 18.2 Å². The molecule has 21 heavy (non-hydrogen) atoms. The fraction of sp³-hybridized carbons (Fsp3) is 0.571. The van der Waals surface area contributed by atoms with E-state index in [0.29, 0.717) is 29.6 Å². The first kappa shape index (κ1) is 18.2. The summed E-state index contributed by atoms with van der Waals surface area (Å²) in [5.41, 5.74) is 6.45. The lowest BCUT2D eigenvalue weighted by molar-refractivity contribution is -0.385. The van der Waals surface area contributed by atoms with E-state index in [0.717, 1.165) is 25.9 Å². The summed E-state index contributed by atoms with van der Waals surface area (Å²) in [5, 5.41) is 11.6. The largest absolute Gasteiger partial charge is 0.330 e. The van der Waals surface area contributed by atoms with Crippen LogP contribution in [0.2, 0.25) is 5.02 Å². The van der Waals surface area contributed by atoms with Crippen LogP contribution in [0.25, 0.3) is 0 Å². The van der Waals surface area contributed by atoms with Crippen LogP contribution in [0.5, 0.6) is 0 Å². The number of hydrogen-bond acceptors (Lipinski definition) is 4. The van der Waals surface area contributed by atoms with Gasteiger partial charge in [-0.15, -0.1) is 12.4 Å². The summed E-state index contributed by atoms with van der Waals surface area (Å²) < 4.78 is 0. The highest BCUT2D eigenvalue weighted by molar-refractivity contribution is 6.30. The van der Waals surface area contributed by atoms with Gasteiger partial charge in [-0.3, -0.25) is 15.0 Å². The summed E-state index contributed by atoms with van der Waals surface area (Å²) in [6.45, 7) is 3.22. The molecule has 1 heterocycles. The van der Waals surface area contributed by atoms with Crippen molar-refractivity contribution < 1.29 is 4.92 Å². The number of nitrogens with zero attached hydrogens (tertiary/aromatic N) is 2. The average Bonchev–Trinajstić information content (AvgIpc) is 2.39. The summed E-state index contributed by atoms with van der Waals surface area (Å²) in [4.78, 5) is 13.0. The maximum Gasteiger partial charge on any atom is 0.273 e. The molecule has 5 nitrogen and oxygen atoms in total. The van der Waals surface area contributed by atoms with Gasteiger partial charge in [0.15, 0.2) is 0 Å². The lowest BCUT2D eigenvalue weighted by Crippen LogP contribution is -2.35. The Hall–Kier alpha value is -0.880. The van der Waals surface area contributed by atoms with Crippen LogP contribution in [0, 0.1) is 16.0 Å². The van der Waals surface area contributed by atoms with Crippen molar-refractivity contribution in [2.24, 2.45) is 11.7 Å². The molecule has 1 aliphatic heterocycles. The van der Waals surface area contributed by atoms with Crippen LogP contribution in [-0.2, 0) is 6.54 Å². The zero-order valence-corrected chi connectivity index (χ0v) is 13.4. The van der Waals surface area contributed by atoms with Crippen LogP contribution in [0.4, 0.5) is 5.69 Å². The van der Waals surface area contributed by atoms with Crippen molar-refractivity contribution in [2.75, 3.05) is 19.6 Å². The van der Waals surface area contributed by atoms with Crippen molar-refractivity contribution in [1.82, 2.24) is 4.90 Å². The molecule has 2 rings (SSSR count). The normalized spacial score (nSPS) is 19.0. The lowest BCUT2D eigenvalue weighted by atomic mass is 9.94. The molecule has 1 saturated heterocycles. The van der Waals surface area contributed by atoms with Crippen molar-refractivity contribution in [1.29, 1.82) is 0 Å². The maximum atomic E-state index is 11.1. The molecule has 0 amide bonds. The second-order valence-corrected chi connectivity index (χ2v) is 5.79. The first-order chi connectivity index (χ1) is 9.60. The molecule has 1 fully saturated rings. The number of hydrogen-bond donors (Lipinski definition) is 1. The van der Waals surface area contributed by atoms with Crippen molar-refractivity contribution >= 4 is 29.7 Å². The first-order valence-corrected chi connectivity index (χ1v) is 7.33. The minimum atomic E-state index is -0.340. The van der Waals surface area contributed by atoms with Crippen LogP contribution in [0.1, 0.15) is 24.8 Å². The van der Waals surface area contributed by atoms with E-state index in [1.165, 1.54) is 12.5 Å². The Bertz CT molecular complexity index is 483. The molecular weight excluding hydrogens is 313 g/mol. The van der Waals surface area contributed by atoms with Gasteiger partial charge >= 0.3 is 0 Å². The van der Waals surface area contributed by atoms with E-state index in [1.54, 1.807) is 12.1 Å². The van der Waals surface area contributed by atoms with Crippen molar-refractivity contribution in [3.63, 3.8) is 0 Å². The zero-order chi connectivity index (χ0) is 14.5. The van der Waals surface area contributed by atoms with Crippen molar-refractivity contribution in [2.45, 2.75) is 25.8 Å². The van der Waals surface area contributed by atoms with Crippen LogP contribution < -0.4 is 5.73 Å². The molecule has 0 radical (unpaired) electrons. The number of rotatable bonds is 5. The van der Waals surface area contributed by atoms with Crippen molar-refractivity contribution in [3.05, 3.63) is 38.9 Å². The van der Waals surface area contributed by atoms with Gasteiger partial charge in [0.2, 0.25) is 0 Å². The smallest absolute Gasteiger partial charge is 0.273 e. The van der Waals surface area contributed by atoms with E-state index in [-0.39, 0.29) is 23.0 Å². The van der Waals surface area contributed by atoms with Gasteiger partial charge in [0.1, 0.15) is 0 Å². The first-order valence-electron chi connectivity index (χ1n) is 6.95. The summed E-state index contributed by atoms with van der Waals surface area (Å²) in [6, 6.07) is 4.75. The number of halogens is 2. The number of nitro groups is 1. The molecule has 0 spiro atoms. The molecule has 0 aliphatic carbocycles. The van der Waals surface area contributed by atoms with Crippen LogP contribution in [0.3, 0.4) is 0 Å². The van der Waals surface area contributed by atoms with E-state index in [9.17, 15) is 10.1 Å². The van der Waals surface area contributed by atoms with E-state index in [2.05, 4.69) is 4.90 Å². The minimum Gasteiger partial charge on any atom is -0.330 e. The zero-order valence-electron chi connectivity index (χ0n) is 11.8. The van der Waals surface area contributed by atoms with Crippen LogP contribution >= 0.6 is 24.0 Å². The predicted molar refractivity (Wildman–Crippen MR) is 87.0 cm³/mol. The average molecular weight is 334 g/mol. The monoisotopic (exact) mass is 333 g/mol. The van der Waals surface area contributed by atoms with E-state index >= 15 is 0 Å². The number of nitro benzene ring substituents is 1. The summed E-state index contributed by atoms with van der Waals surface area (Å²) in [7, 11) is 0. The lowest BCUT2D eigenvalue weighted by Gasteiger charge is -2.32. The van der Waals surface area contributed by atoms with Gasteiger partial charge in [0, 0.05) is 29.7 Å². The Morgan fingerprint density at radius 3 is 2.90 bits per heavy atom. The maximum absolute atomic E-state index is 11.1. The van der Waals surface area contributed by atoms with Gasteiger partial charge in [0.05, 0.1) is 4.92 Å². The van der Waals surface area contributed by atoms with Gasteiger partial charge in [-0.05, 0) is 50.4 Å². The second-order valence-electron chi connectivity index (χ2n) is 5.35. The highest BCUT2D eigenvalue weighted by atomic mass is 35.5. The Labute approximate surface area is 136 Å². The highest BCUT2D eigenvalue weighted by Crippen LogP contribution is 2.26. The third kappa shape index (κ3) is 5.11. The number of benzene rings is 1. The Morgan fingerprint density at radius 1 is 1.48 bits per heavy atom. The molecule has 1 atom stereocenters. The van der Waals surface area contributed by atoms with Gasteiger partial charge in [0.25, 0.3) is 5.69 Å². The standard InChI is InChI=1S/C14H20ClN3O2.ClH/c15-13-3-4-14(18(19)20)12(8-13)10-17-7-1-2-11(9-17)5-6-16;/h3-4,8,11H,1-2,5-7,9-10,16H2;1H. The fourth-order valence-corrected chi connectivity index (χ4v) is 3.06. The Kier molecular flexibility index (Phi) is 7.39. The quantitative estimate of drug-likeness (QED) is 0.663. The molecule has 118 valence electrons. The molecule has 1 unspecified atom stereocenters. The van der Waals surface area contributed by atoms with Crippen molar-refractivity contribution in [3.8, 4) is 0 Å². The molecule has 0 aromatic heterocycles. The van der Waals surface area contributed by atoms with E-state index < -0.39 is 0 Å². The summed E-state index contributed by atoms with van der Waals surface area (Å²) in [6.07, 6.45) is 3.35. The molecule has 1 aromatic carbocycles. The Balaban J connectivity index is 0.00000220. The highest BCUT2D eigenvalue weighted by Gasteiger charge is 2.22. The summed E-state index contributed by atoms with van der Waals surface area (Å²) >= 11 is 5.96.